The van der Waals surface area contributed by atoms with E-state index in [0.29, 0.717) is 18.0 Å². The standard InChI is InChI=1S/C24H29ClN4O2/c1-3-27-12-14-28(15-13-27)17-24(30)29-22(18-8-4-6-10-20(18)25)16-21(26-29)19-9-5-7-11-23(19)31-2/h4-11,22H,3,12-17H2,1-2H3. The molecule has 1 atom stereocenters. The molecule has 1 unspecified atom stereocenters. The molecule has 2 aromatic carbocycles. The summed E-state index contributed by atoms with van der Waals surface area (Å²) in [6.07, 6.45) is 0.597. The number of carbonyl (C=O) groups is 1. The van der Waals surface area contributed by atoms with Gasteiger partial charge in [0, 0.05) is 43.2 Å². The zero-order chi connectivity index (χ0) is 21.8. The van der Waals surface area contributed by atoms with Crippen LogP contribution in [0.15, 0.2) is 53.6 Å². The van der Waals surface area contributed by atoms with Crippen molar-refractivity contribution in [2.75, 3.05) is 46.4 Å². The van der Waals surface area contributed by atoms with E-state index < -0.39 is 0 Å². The van der Waals surface area contributed by atoms with Gasteiger partial charge in [0.05, 0.1) is 25.4 Å². The second-order valence-corrected chi connectivity index (χ2v) is 8.34. The van der Waals surface area contributed by atoms with E-state index >= 15 is 0 Å². The van der Waals surface area contributed by atoms with Gasteiger partial charge in [-0.2, -0.15) is 5.10 Å². The van der Waals surface area contributed by atoms with Gasteiger partial charge in [-0.25, -0.2) is 5.01 Å². The summed E-state index contributed by atoms with van der Waals surface area (Å²) in [5.41, 5.74) is 2.67. The Balaban J connectivity index is 1.60. The summed E-state index contributed by atoms with van der Waals surface area (Å²) in [6, 6.07) is 15.3. The fraction of sp³-hybridized carbons (Fsp3) is 0.417. The lowest BCUT2D eigenvalue weighted by molar-refractivity contribution is -0.134. The van der Waals surface area contributed by atoms with E-state index in [1.165, 1.54) is 0 Å². The maximum atomic E-state index is 13.4. The van der Waals surface area contributed by atoms with Crippen LogP contribution in [0.3, 0.4) is 0 Å². The minimum atomic E-state index is -0.224. The molecule has 2 aromatic rings. The Kier molecular flexibility index (Phi) is 6.90. The van der Waals surface area contributed by atoms with Gasteiger partial charge in [0.25, 0.3) is 5.91 Å². The van der Waals surface area contributed by atoms with Crippen LogP contribution in [-0.4, -0.2) is 72.8 Å². The zero-order valence-electron chi connectivity index (χ0n) is 18.1. The maximum Gasteiger partial charge on any atom is 0.257 e. The first-order chi connectivity index (χ1) is 15.1. The van der Waals surface area contributed by atoms with E-state index in [0.717, 1.165) is 55.3 Å². The predicted octanol–water partition coefficient (Wildman–Crippen LogP) is 3.66. The molecule has 0 bridgehead atoms. The number of likely N-dealkylation sites (N-methyl/N-ethyl adjacent to an activating group) is 1. The topological polar surface area (TPSA) is 48.4 Å². The van der Waals surface area contributed by atoms with Crippen LogP contribution < -0.4 is 4.74 Å². The molecular weight excluding hydrogens is 412 g/mol. The molecule has 0 N–H and O–H groups in total. The number of hydrazone groups is 1. The summed E-state index contributed by atoms with van der Waals surface area (Å²) >= 11 is 6.52. The molecule has 1 saturated heterocycles. The Morgan fingerprint density at radius 1 is 1.06 bits per heavy atom. The molecular formula is C24H29ClN4O2. The Morgan fingerprint density at radius 2 is 1.74 bits per heavy atom. The number of amides is 1. The molecule has 0 aliphatic carbocycles. The Hall–Kier alpha value is -2.41. The molecule has 0 aromatic heterocycles. The highest BCUT2D eigenvalue weighted by Gasteiger charge is 2.35. The lowest BCUT2D eigenvalue weighted by atomic mass is 9.98. The minimum Gasteiger partial charge on any atom is -0.496 e. The van der Waals surface area contributed by atoms with Crippen LogP contribution in [0.25, 0.3) is 0 Å². The maximum absolute atomic E-state index is 13.4. The van der Waals surface area contributed by atoms with Gasteiger partial charge in [-0.15, -0.1) is 0 Å². The first kappa shape index (κ1) is 21.8. The molecule has 164 valence electrons. The number of rotatable bonds is 6. The highest BCUT2D eigenvalue weighted by Crippen LogP contribution is 2.37. The van der Waals surface area contributed by atoms with Crippen LogP contribution in [0.2, 0.25) is 5.02 Å². The van der Waals surface area contributed by atoms with Crippen molar-refractivity contribution in [3.05, 3.63) is 64.7 Å². The Bertz CT molecular complexity index is 956. The van der Waals surface area contributed by atoms with Gasteiger partial charge in [0.15, 0.2) is 0 Å². The van der Waals surface area contributed by atoms with Crippen molar-refractivity contribution in [2.45, 2.75) is 19.4 Å². The van der Waals surface area contributed by atoms with Crippen molar-refractivity contribution < 1.29 is 9.53 Å². The van der Waals surface area contributed by atoms with Crippen LogP contribution in [0, 0.1) is 0 Å². The summed E-state index contributed by atoms with van der Waals surface area (Å²) in [7, 11) is 1.65. The van der Waals surface area contributed by atoms with Crippen molar-refractivity contribution in [3.8, 4) is 5.75 Å². The molecule has 7 heteroatoms. The van der Waals surface area contributed by atoms with Gasteiger partial charge >= 0.3 is 0 Å². The minimum absolute atomic E-state index is 0.000217. The smallest absolute Gasteiger partial charge is 0.257 e. The van der Waals surface area contributed by atoms with E-state index in [-0.39, 0.29) is 11.9 Å². The highest BCUT2D eigenvalue weighted by atomic mass is 35.5. The monoisotopic (exact) mass is 440 g/mol. The third-order valence-electron chi connectivity index (χ3n) is 6.12. The number of hydrogen-bond donors (Lipinski definition) is 0. The summed E-state index contributed by atoms with van der Waals surface area (Å²) in [5.74, 6) is 0.754. The number of ether oxygens (including phenoxy) is 1. The molecule has 2 aliphatic heterocycles. The van der Waals surface area contributed by atoms with Crippen molar-refractivity contribution in [1.82, 2.24) is 14.8 Å². The zero-order valence-corrected chi connectivity index (χ0v) is 18.9. The number of carbonyl (C=O) groups excluding carboxylic acids is 1. The number of methoxy groups -OCH3 is 1. The van der Waals surface area contributed by atoms with Crippen LogP contribution in [0.5, 0.6) is 5.75 Å². The molecule has 6 nitrogen and oxygen atoms in total. The molecule has 31 heavy (non-hydrogen) atoms. The van der Waals surface area contributed by atoms with E-state index in [1.807, 2.05) is 48.5 Å². The summed E-state index contributed by atoms with van der Waals surface area (Å²) in [4.78, 5) is 18.0. The molecule has 2 heterocycles. The average Bonchev–Trinajstić information content (AvgIpc) is 3.25. The van der Waals surface area contributed by atoms with Crippen LogP contribution in [-0.2, 0) is 4.79 Å². The first-order valence-electron chi connectivity index (χ1n) is 10.8. The number of halogens is 1. The number of para-hydroxylation sites is 1. The van der Waals surface area contributed by atoms with Crippen LogP contribution in [0.1, 0.15) is 30.5 Å². The van der Waals surface area contributed by atoms with Gasteiger partial charge < -0.3 is 9.64 Å². The largest absolute Gasteiger partial charge is 0.496 e. The molecule has 0 spiro atoms. The second kappa shape index (κ2) is 9.81. The molecule has 0 saturated carbocycles. The number of hydrogen-bond acceptors (Lipinski definition) is 5. The van der Waals surface area contributed by atoms with Crippen LogP contribution in [0.4, 0.5) is 0 Å². The highest BCUT2D eigenvalue weighted by molar-refractivity contribution is 6.31. The molecule has 1 amide bonds. The Morgan fingerprint density at radius 3 is 2.45 bits per heavy atom. The van der Waals surface area contributed by atoms with E-state index in [4.69, 9.17) is 21.4 Å². The van der Waals surface area contributed by atoms with Gasteiger partial charge in [-0.1, -0.05) is 48.9 Å². The second-order valence-electron chi connectivity index (χ2n) is 7.94. The molecule has 1 fully saturated rings. The van der Waals surface area contributed by atoms with Crippen molar-refractivity contribution in [1.29, 1.82) is 0 Å². The summed E-state index contributed by atoms with van der Waals surface area (Å²) in [5, 5.41) is 7.07. The predicted molar refractivity (Wildman–Crippen MR) is 124 cm³/mol. The lowest BCUT2D eigenvalue weighted by Gasteiger charge is -2.34. The first-order valence-corrected chi connectivity index (χ1v) is 11.2. The van der Waals surface area contributed by atoms with Gasteiger partial charge in [0.2, 0.25) is 0 Å². The van der Waals surface area contributed by atoms with Crippen molar-refractivity contribution >= 4 is 23.2 Å². The van der Waals surface area contributed by atoms with Crippen molar-refractivity contribution in [3.63, 3.8) is 0 Å². The fourth-order valence-corrected chi connectivity index (χ4v) is 4.56. The van der Waals surface area contributed by atoms with Gasteiger partial charge in [0.1, 0.15) is 5.75 Å². The number of piperazine rings is 1. The number of benzene rings is 2. The quantitative estimate of drug-likeness (QED) is 0.687. The normalized spacial score (nSPS) is 20.0. The third kappa shape index (κ3) is 4.76. The fourth-order valence-electron chi connectivity index (χ4n) is 4.30. The van der Waals surface area contributed by atoms with Crippen molar-refractivity contribution in [2.24, 2.45) is 5.10 Å². The van der Waals surface area contributed by atoms with E-state index in [1.54, 1.807) is 12.1 Å². The average molecular weight is 441 g/mol. The molecule has 4 rings (SSSR count). The SMILES string of the molecule is CCN1CCN(CC(=O)N2N=C(c3ccccc3OC)CC2c2ccccc2Cl)CC1. The molecule has 2 aliphatic rings. The van der Waals surface area contributed by atoms with E-state index in [9.17, 15) is 4.79 Å². The van der Waals surface area contributed by atoms with E-state index in [2.05, 4.69) is 16.7 Å². The third-order valence-corrected chi connectivity index (χ3v) is 6.46. The Labute approximate surface area is 189 Å². The van der Waals surface area contributed by atoms with Crippen LogP contribution >= 0.6 is 11.6 Å². The molecule has 0 radical (unpaired) electrons. The summed E-state index contributed by atoms with van der Waals surface area (Å²) in [6.45, 7) is 7.37. The van der Waals surface area contributed by atoms with Gasteiger partial charge in [-0.3, -0.25) is 9.69 Å². The number of nitrogens with zero attached hydrogens (tertiary/aromatic N) is 4. The summed E-state index contributed by atoms with van der Waals surface area (Å²) < 4.78 is 5.54. The lowest BCUT2D eigenvalue weighted by Crippen LogP contribution is -2.49. The van der Waals surface area contributed by atoms with Gasteiger partial charge in [-0.05, 0) is 30.3 Å².